The van der Waals surface area contributed by atoms with Gasteiger partial charge in [0.05, 0.1) is 0 Å². The van der Waals surface area contributed by atoms with Crippen molar-refractivity contribution in [3.05, 3.63) is 200 Å². The third-order valence-electron chi connectivity index (χ3n) is 9.95. The second-order valence-corrected chi connectivity index (χ2v) is 15.6. The summed E-state index contributed by atoms with van der Waals surface area (Å²) in [6.07, 6.45) is 0. The summed E-state index contributed by atoms with van der Waals surface area (Å²) in [5.74, 6) is 0. The summed E-state index contributed by atoms with van der Waals surface area (Å²) in [4.78, 5) is 0. The lowest BCUT2D eigenvalue weighted by Crippen LogP contribution is -2.24. The maximum Gasteiger partial charge on any atom is 0.171 e. The Balaban J connectivity index is 1.13. The summed E-state index contributed by atoms with van der Waals surface area (Å²) in [7, 11) is -3.02. The molecule has 9 rings (SSSR count). The van der Waals surface area contributed by atoms with Crippen LogP contribution < -0.4 is 15.9 Å². The van der Waals surface area contributed by atoms with E-state index in [0.717, 1.165) is 27.0 Å². The molecule has 236 valence electrons. The first-order chi connectivity index (χ1) is 24.7. The van der Waals surface area contributed by atoms with Crippen LogP contribution in [0.4, 0.5) is 0 Å². The summed E-state index contributed by atoms with van der Waals surface area (Å²) in [5.41, 5.74) is 7.14. The van der Waals surface area contributed by atoms with Gasteiger partial charge in [-0.2, -0.15) is 0 Å². The lowest BCUT2D eigenvalue weighted by atomic mass is 9.85. The molecule has 0 unspecified atom stereocenters. The molecule has 0 aliphatic rings. The molecule has 0 aliphatic heterocycles. The molecule has 9 aromatic carbocycles. The van der Waals surface area contributed by atoms with E-state index >= 15 is 0 Å². The summed E-state index contributed by atoms with van der Waals surface area (Å²) in [6, 6.07) is 69.9. The Kier molecular flexibility index (Phi) is 7.50. The molecule has 0 aromatic heterocycles. The zero-order valence-electron chi connectivity index (χ0n) is 27.4. The van der Waals surface area contributed by atoms with Crippen molar-refractivity contribution in [2.24, 2.45) is 0 Å². The highest BCUT2D eigenvalue weighted by atomic mass is 31.2. The molecule has 0 amide bonds. The fourth-order valence-electron chi connectivity index (χ4n) is 7.51. The average Bonchev–Trinajstić information content (AvgIpc) is 3.20. The minimum absolute atomic E-state index is 0.833. The maximum absolute atomic E-state index is 14.9. The predicted molar refractivity (Wildman–Crippen MR) is 215 cm³/mol. The summed E-state index contributed by atoms with van der Waals surface area (Å²) in [5, 5.41) is 9.98. The van der Waals surface area contributed by atoms with Gasteiger partial charge in [0.2, 0.25) is 0 Å². The van der Waals surface area contributed by atoms with E-state index in [-0.39, 0.29) is 0 Å². The number of hydrogen-bond donors (Lipinski definition) is 0. The van der Waals surface area contributed by atoms with Crippen molar-refractivity contribution in [2.75, 3.05) is 0 Å². The molecule has 1 nitrogen and oxygen atoms in total. The highest BCUT2D eigenvalue weighted by molar-refractivity contribution is 7.85. The van der Waals surface area contributed by atoms with Crippen LogP contribution >= 0.6 is 7.14 Å². The fourth-order valence-corrected chi connectivity index (χ4v) is 10.2. The lowest BCUT2D eigenvalue weighted by molar-refractivity contribution is 0.592. The van der Waals surface area contributed by atoms with Gasteiger partial charge in [0.25, 0.3) is 0 Å². The first-order valence-electron chi connectivity index (χ1n) is 17.0. The molecule has 50 heavy (non-hydrogen) atoms. The standard InChI is InChI=1S/C48H33OP/c49-50(40-15-3-1-4-16-40,41-17-5-2-6-18-41)42-31-29-36(30-32-42)35-23-26-37(27-24-35)47-43-19-9-11-21-45(43)48(46-22-12-10-20-44(46)47)39-28-25-34-13-7-8-14-38(34)33-39/h1-33H. The molecule has 9 aromatic rings. The zero-order chi connectivity index (χ0) is 33.5. The molecule has 0 atom stereocenters. The van der Waals surface area contributed by atoms with Crippen molar-refractivity contribution in [1.82, 2.24) is 0 Å². The van der Waals surface area contributed by atoms with Gasteiger partial charge in [-0.1, -0.05) is 194 Å². The third-order valence-corrected chi connectivity index (χ3v) is 13.0. The van der Waals surface area contributed by atoms with Crippen LogP contribution in [-0.4, -0.2) is 0 Å². The number of rotatable bonds is 6. The summed E-state index contributed by atoms with van der Waals surface area (Å²) < 4.78 is 14.9. The van der Waals surface area contributed by atoms with E-state index in [1.165, 1.54) is 54.6 Å². The van der Waals surface area contributed by atoms with E-state index in [1.54, 1.807) is 0 Å². The largest absolute Gasteiger partial charge is 0.309 e. The van der Waals surface area contributed by atoms with Gasteiger partial charge in [0, 0.05) is 15.9 Å². The van der Waals surface area contributed by atoms with E-state index in [2.05, 4.69) is 127 Å². The van der Waals surface area contributed by atoms with Crippen LogP contribution in [0.25, 0.3) is 65.7 Å². The van der Waals surface area contributed by atoms with Gasteiger partial charge in [-0.15, -0.1) is 0 Å². The number of benzene rings is 9. The smallest absolute Gasteiger partial charge is 0.171 e. The summed E-state index contributed by atoms with van der Waals surface area (Å²) >= 11 is 0. The Hall–Kier alpha value is -6.01. The summed E-state index contributed by atoms with van der Waals surface area (Å²) in [6.45, 7) is 0. The number of hydrogen-bond acceptors (Lipinski definition) is 1. The monoisotopic (exact) mass is 656 g/mol. The first kappa shape index (κ1) is 30.1. The number of fused-ring (bicyclic) bond motifs is 3. The SMILES string of the molecule is O=P(c1ccccc1)(c1ccccc1)c1ccc(-c2ccc(-c3c4ccccc4c(-c4ccc5ccccc5c4)c4ccccc34)cc2)cc1. The Morgan fingerprint density at radius 3 is 1.16 bits per heavy atom. The molecule has 2 heteroatoms. The van der Waals surface area contributed by atoms with Crippen LogP contribution in [0.3, 0.4) is 0 Å². The molecule has 0 aliphatic carbocycles. The molecule has 0 saturated carbocycles. The van der Waals surface area contributed by atoms with E-state index in [0.29, 0.717) is 0 Å². The Morgan fingerprint density at radius 2 is 0.640 bits per heavy atom. The zero-order valence-corrected chi connectivity index (χ0v) is 28.3. The van der Waals surface area contributed by atoms with E-state index in [1.807, 2.05) is 72.8 Å². The van der Waals surface area contributed by atoms with Gasteiger partial charge in [-0.3, -0.25) is 0 Å². The van der Waals surface area contributed by atoms with Crippen molar-refractivity contribution < 1.29 is 4.57 Å². The van der Waals surface area contributed by atoms with E-state index in [4.69, 9.17) is 0 Å². The predicted octanol–water partition coefficient (Wildman–Crippen LogP) is 11.8. The van der Waals surface area contributed by atoms with Gasteiger partial charge in [0.15, 0.2) is 7.14 Å². The second-order valence-electron chi connectivity index (χ2n) is 12.8. The van der Waals surface area contributed by atoms with Gasteiger partial charge >= 0.3 is 0 Å². The topological polar surface area (TPSA) is 17.1 Å². The Bertz CT molecular complexity index is 2590. The van der Waals surface area contributed by atoms with Crippen molar-refractivity contribution in [2.45, 2.75) is 0 Å². The first-order valence-corrected chi connectivity index (χ1v) is 18.7. The molecule has 0 radical (unpaired) electrons. The molecule has 0 saturated heterocycles. The van der Waals surface area contributed by atoms with Crippen LogP contribution in [0.2, 0.25) is 0 Å². The van der Waals surface area contributed by atoms with Crippen LogP contribution in [0.5, 0.6) is 0 Å². The minimum atomic E-state index is -3.02. The normalized spacial score (nSPS) is 11.7. The molecule has 0 heterocycles. The Morgan fingerprint density at radius 1 is 0.280 bits per heavy atom. The van der Waals surface area contributed by atoms with Gasteiger partial charge in [0.1, 0.15) is 0 Å². The molecule has 0 N–H and O–H groups in total. The van der Waals surface area contributed by atoms with Crippen molar-refractivity contribution in [3.8, 4) is 33.4 Å². The van der Waals surface area contributed by atoms with E-state index in [9.17, 15) is 4.57 Å². The minimum Gasteiger partial charge on any atom is -0.309 e. The Labute approximate surface area is 292 Å². The van der Waals surface area contributed by atoms with Crippen LogP contribution in [0.1, 0.15) is 0 Å². The molecule has 0 spiro atoms. The van der Waals surface area contributed by atoms with Crippen molar-refractivity contribution in [3.63, 3.8) is 0 Å². The molecule has 0 fully saturated rings. The van der Waals surface area contributed by atoms with Crippen LogP contribution in [-0.2, 0) is 4.57 Å². The average molecular weight is 657 g/mol. The van der Waals surface area contributed by atoms with Gasteiger partial charge in [-0.25, -0.2) is 0 Å². The van der Waals surface area contributed by atoms with Gasteiger partial charge in [-0.05, 0) is 71.8 Å². The quantitative estimate of drug-likeness (QED) is 0.129. The fraction of sp³-hybridized carbons (Fsp3) is 0. The molecular weight excluding hydrogens is 624 g/mol. The maximum atomic E-state index is 14.9. The van der Waals surface area contributed by atoms with Crippen LogP contribution in [0, 0.1) is 0 Å². The highest BCUT2D eigenvalue weighted by Gasteiger charge is 2.29. The highest BCUT2D eigenvalue weighted by Crippen LogP contribution is 2.45. The second kappa shape index (κ2) is 12.5. The lowest BCUT2D eigenvalue weighted by Gasteiger charge is -2.20. The molecule has 0 bridgehead atoms. The third kappa shape index (κ3) is 5.07. The van der Waals surface area contributed by atoms with Crippen LogP contribution in [0.15, 0.2) is 200 Å². The van der Waals surface area contributed by atoms with E-state index < -0.39 is 7.14 Å². The molecular formula is C48H33OP. The van der Waals surface area contributed by atoms with Gasteiger partial charge < -0.3 is 4.57 Å². The van der Waals surface area contributed by atoms with Crippen molar-refractivity contribution in [1.29, 1.82) is 0 Å². The van der Waals surface area contributed by atoms with Crippen molar-refractivity contribution >= 4 is 55.4 Å².